The quantitative estimate of drug-likeness (QED) is 0.123. The summed E-state index contributed by atoms with van der Waals surface area (Å²) in [5.41, 5.74) is 2.08. The van der Waals surface area contributed by atoms with Gasteiger partial charge in [-0.05, 0) is 69.8 Å². The number of carbonyl (C=O) groups is 2. The van der Waals surface area contributed by atoms with Gasteiger partial charge >= 0.3 is 11.9 Å². The Morgan fingerprint density at radius 1 is 1.00 bits per heavy atom. The van der Waals surface area contributed by atoms with Crippen molar-refractivity contribution in [3.05, 3.63) is 123 Å². The molecule has 9 heteroatoms. The number of carboxylic acid groups (broad SMARTS) is 1. The fourth-order valence-corrected chi connectivity index (χ4v) is 7.18. The Labute approximate surface area is 264 Å². The lowest BCUT2D eigenvalue weighted by molar-refractivity contribution is -0.384. The van der Waals surface area contributed by atoms with E-state index in [1.807, 2.05) is 12.1 Å². The van der Waals surface area contributed by atoms with Gasteiger partial charge in [0.1, 0.15) is 0 Å². The molecule has 2 N–H and O–H groups in total. The molecule has 3 aromatic rings. The average Bonchev–Trinajstić information content (AvgIpc) is 3.05. The molecule has 2 heterocycles. The monoisotopic (exact) mass is 611 g/mol. The van der Waals surface area contributed by atoms with Crippen molar-refractivity contribution in [3.8, 4) is 0 Å². The Morgan fingerprint density at radius 3 is 2.16 bits per heavy atom. The Balaban J connectivity index is 1.26. The average molecular weight is 612 g/mol. The maximum absolute atomic E-state index is 13.6. The maximum atomic E-state index is 13.6. The van der Waals surface area contributed by atoms with Crippen molar-refractivity contribution in [2.45, 2.75) is 57.4 Å². The smallest absolute Gasteiger partial charge is 0.336 e. The van der Waals surface area contributed by atoms with Gasteiger partial charge < -0.3 is 20.1 Å². The molecule has 2 unspecified atom stereocenters. The molecule has 2 aliphatic rings. The lowest BCUT2D eigenvalue weighted by Crippen LogP contribution is -2.55. The van der Waals surface area contributed by atoms with Crippen LogP contribution >= 0.6 is 0 Å². The molecule has 236 valence electrons. The molecule has 45 heavy (non-hydrogen) atoms. The van der Waals surface area contributed by atoms with Crippen molar-refractivity contribution in [2.75, 3.05) is 26.2 Å². The van der Waals surface area contributed by atoms with Crippen molar-refractivity contribution in [1.82, 2.24) is 10.2 Å². The predicted molar refractivity (Wildman–Crippen MR) is 172 cm³/mol. The highest BCUT2D eigenvalue weighted by Gasteiger charge is 2.53. The first-order chi connectivity index (χ1) is 21.6. The van der Waals surface area contributed by atoms with E-state index < -0.39 is 34.2 Å². The molecule has 3 atom stereocenters. The highest BCUT2D eigenvalue weighted by atomic mass is 16.6. The van der Waals surface area contributed by atoms with Crippen LogP contribution in [0.15, 0.2) is 96.2 Å². The lowest BCUT2D eigenvalue weighted by atomic mass is 9.63. The molecule has 5 rings (SSSR count). The second kappa shape index (κ2) is 13.2. The number of esters is 1. The normalized spacial score (nSPS) is 23.2. The summed E-state index contributed by atoms with van der Waals surface area (Å²) in [4.78, 5) is 39.7. The molecule has 0 spiro atoms. The third kappa shape index (κ3) is 6.22. The summed E-state index contributed by atoms with van der Waals surface area (Å²) in [5.74, 6) is -2.66. The van der Waals surface area contributed by atoms with Crippen LogP contribution in [-0.2, 0) is 19.7 Å². The maximum Gasteiger partial charge on any atom is 0.336 e. The van der Waals surface area contributed by atoms with Crippen LogP contribution in [0.1, 0.15) is 62.6 Å². The number of hydrogen-bond acceptors (Lipinski definition) is 7. The van der Waals surface area contributed by atoms with Crippen LogP contribution in [0.4, 0.5) is 5.69 Å². The Kier molecular flexibility index (Phi) is 9.39. The predicted octanol–water partition coefficient (Wildman–Crippen LogP) is 6.05. The van der Waals surface area contributed by atoms with E-state index in [1.165, 1.54) is 29.3 Å². The summed E-state index contributed by atoms with van der Waals surface area (Å²) in [6.45, 7) is 7.80. The molecule has 0 amide bonds. The van der Waals surface area contributed by atoms with E-state index >= 15 is 0 Å². The Hall–Kier alpha value is -4.50. The first-order valence-corrected chi connectivity index (χ1v) is 15.5. The summed E-state index contributed by atoms with van der Waals surface area (Å²) >= 11 is 0. The number of nitrogens with zero attached hydrogens (tertiary/aromatic N) is 2. The van der Waals surface area contributed by atoms with E-state index in [-0.39, 0.29) is 23.3 Å². The standard InChI is InChI=1S/C36H41N3O6/c1-25-31(32(35(3,34(41)42)26(2)37-25)27-12-10-17-30(24-27)39(43)44)33(40)45-23-11-20-38-21-18-36(19-22-38,28-13-6-4-7-14-28)29-15-8-5-9-16-29/h4-10,12-17,24,26,32,37H,11,18-23H2,1-3H3,(H,41,42)/t26?,32-,35?/m0/s1. The number of nitro benzene ring substituents is 1. The fraction of sp³-hybridized carbons (Fsp3) is 0.389. The minimum Gasteiger partial charge on any atom is -0.481 e. The van der Waals surface area contributed by atoms with E-state index in [1.54, 1.807) is 26.8 Å². The molecule has 0 radical (unpaired) electrons. The highest BCUT2D eigenvalue weighted by molar-refractivity contribution is 5.94. The van der Waals surface area contributed by atoms with Crippen LogP contribution in [0.25, 0.3) is 0 Å². The zero-order valence-electron chi connectivity index (χ0n) is 26.1. The summed E-state index contributed by atoms with van der Waals surface area (Å²) in [6.07, 6.45) is 2.59. The van der Waals surface area contributed by atoms with Crippen molar-refractivity contribution in [2.24, 2.45) is 5.41 Å². The van der Waals surface area contributed by atoms with Gasteiger partial charge in [0.05, 0.1) is 22.5 Å². The first kappa shape index (κ1) is 31.9. The van der Waals surface area contributed by atoms with Crippen LogP contribution in [0, 0.1) is 15.5 Å². The van der Waals surface area contributed by atoms with Crippen LogP contribution in [-0.4, -0.2) is 59.2 Å². The Bertz CT molecular complexity index is 1520. The van der Waals surface area contributed by atoms with Crippen LogP contribution in [0.3, 0.4) is 0 Å². The zero-order valence-corrected chi connectivity index (χ0v) is 26.1. The minimum atomic E-state index is -1.46. The molecule has 0 bridgehead atoms. The molecular weight excluding hydrogens is 570 g/mol. The minimum absolute atomic E-state index is 0.0427. The summed E-state index contributed by atoms with van der Waals surface area (Å²) in [7, 11) is 0. The molecule has 1 saturated heterocycles. The number of hydrogen-bond donors (Lipinski definition) is 2. The number of piperidine rings is 1. The third-order valence-electron chi connectivity index (χ3n) is 9.93. The number of likely N-dealkylation sites (tertiary alicyclic amines) is 1. The molecule has 9 nitrogen and oxygen atoms in total. The third-order valence-corrected chi connectivity index (χ3v) is 9.93. The molecule has 0 saturated carbocycles. The van der Waals surface area contributed by atoms with Crippen molar-refractivity contribution >= 4 is 17.6 Å². The van der Waals surface area contributed by atoms with Gasteiger partial charge in [-0.1, -0.05) is 72.8 Å². The summed E-state index contributed by atoms with van der Waals surface area (Å²) < 4.78 is 5.77. The molecular formula is C36H41N3O6. The van der Waals surface area contributed by atoms with Gasteiger partial charge in [-0.15, -0.1) is 0 Å². The van der Waals surface area contributed by atoms with E-state index in [2.05, 4.69) is 58.7 Å². The molecule has 0 aromatic heterocycles. The van der Waals surface area contributed by atoms with Gasteiger partial charge in [-0.25, -0.2) is 4.79 Å². The number of nitrogens with one attached hydrogen (secondary N) is 1. The molecule has 1 fully saturated rings. The first-order valence-electron chi connectivity index (χ1n) is 15.5. The van der Waals surface area contributed by atoms with Crippen LogP contribution in [0.2, 0.25) is 0 Å². The van der Waals surface area contributed by atoms with E-state index in [4.69, 9.17) is 4.74 Å². The van der Waals surface area contributed by atoms with Crippen molar-refractivity contribution in [3.63, 3.8) is 0 Å². The number of carboxylic acids is 1. The van der Waals surface area contributed by atoms with E-state index in [0.717, 1.165) is 32.5 Å². The largest absolute Gasteiger partial charge is 0.481 e. The molecule has 2 aliphatic heterocycles. The number of benzene rings is 3. The second-order valence-electron chi connectivity index (χ2n) is 12.4. The Morgan fingerprint density at radius 2 is 1.60 bits per heavy atom. The number of ether oxygens (including phenoxy) is 1. The number of allylic oxidation sites excluding steroid dienone is 1. The second-order valence-corrected chi connectivity index (χ2v) is 12.4. The summed E-state index contributed by atoms with van der Waals surface area (Å²) in [5, 5.41) is 25.0. The van der Waals surface area contributed by atoms with Gasteiger partial charge in [-0.3, -0.25) is 14.9 Å². The molecule has 0 aliphatic carbocycles. The summed E-state index contributed by atoms with van der Waals surface area (Å²) in [6, 6.07) is 26.7. The van der Waals surface area contributed by atoms with Gasteiger partial charge in [0, 0.05) is 41.7 Å². The van der Waals surface area contributed by atoms with Crippen molar-refractivity contribution < 1.29 is 24.4 Å². The number of rotatable bonds is 10. The number of carbonyl (C=O) groups excluding carboxylic acids is 1. The van der Waals surface area contributed by atoms with Crippen LogP contribution in [0.5, 0.6) is 0 Å². The topological polar surface area (TPSA) is 122 Å². The highest BCUT2D eigenvalue weighted by Crippen LogP contribution is 2.49. The van der Waals surface area contributed by atoms with Gasteiger partial charge in [0.15, 0.2) is 0 Å². The van der Waals surface area contributed by atoms with Gasteiger partial charge in [-0.2, -0.15) is 0 Å². The van der Waals surface area contributed by atoms with E-state index in [9.17, 15) is 24.8 Å². The van der Waals surface area contributed by atoms with Gasteiger partial charge in [0.2, 0.25) is 0 Å². The van der Waals surface area contributed by atoms with Crippen LogP contribution < -0.4 is 5.32 Å². The van der Waals surface area contributed by atoms with Gasteiger partial charge in [0.25, 0.3) is 5.69 Å². The fourth-order valence-electron chi connectivity index (χ4n) is 7.18. The number of non-ortho nitro benzene ring substituents is 1. The number of nitro groups is 1. The number of aliphatic carboxylic acids is 1. The van der Waals surface area contributed by atoms with Crippen molar-refractivity contribution in [1.29, 1.82) is 0 Å². The molecule has 3 aromatic carbocycles. The zero-order chi connectivity index (χ0) is 32.2. The SMILES string of the molecule is CC1=C(C(=O)OCCCN2CCC(c3ccccc3)(c3ccccc3)CC2)[C@H](c2cccc([N+](=O)[O-])c2)C(C)(C(=O)O)C(C)N1. The van der Waals surface area contributed by atoms with E-state index in [0.29, 0.717) is 17.7 Å². The lowest BCUT2D eigenvalue weighted by Gasteiger charge is -2.45.